The number of nitrogens with one attached hydrogen (secondary N) is 1. The number of methoxy groups -OCH3 is 1. The number of nitrogens with zero attached hydrogens (tertiary/aromatic N) is 2. The highest BCUT2D eigenvalue weighted by molar-refractivity contribution is 6.05. The van der Waals surface area contributed by atoms with Gasteiger partial charge in [0.2, 0.25) is 0 Å². The van der Waals surface area contributed by atoms with E-state index in [9.17, 15) is 4.79 Å². The summed E-state index contributed by atoms with van der Waals surface area (Å²) in [6.45, 7) is 4.78. The van der Waals surface area contributed by atoms with E-state index in [-0.39, 0.29) is 5.69 Å². The second-order valence-electron chi connectivity index (χ2n) is 5.80. The average Bonchev–Trinajstić information content (AvgIpc) is 3.16. The second kappa shape index (κ2) is 8.94. The summed E-state index contributed by atoms with van der Waals surface area (Å²) in [5, 5.41) is 7.24. The summed E-state index contributed by atoms with van der Waals surface area (Å²) in [7, 11) is 1.50. The molecule has 0 fully saturated rings. The predicted molar refractivity (Wildman–Crippen MR) is 107 cm³/mol. The molecule has 0 aliphatic heterocycles. The lowest BCUT2D eigenvalue weighted by Crippen LogP contribution is -2.15. The molecular weight excluding hydrogens is 358 g/mol. The Balaban J connectivity index is 1.90. The van der Waals surface area contributed by atoms with Gasteiger partial charge in [-0.25, -0.2) is 4.68 Å². The molecule has 146 valence electrons. The van der Waals surface area contributed by atoms with Gasteiger partial charge in [-0.1, -0.05) is 18.2 Å². The van der Waals surface area contributed by atoms with Crippen molar-refractivity contribution in [1.82, 2.24) is 9.78 Å². The fraction of sp³-hybridized carbons (Fsp3) is 0.238. The second-order valence-corrected chi connectivity index (χ2v) is 5.80. The Hall–Kier alpha value is -3.48. The standard InChI is InChI=1S/C21H23N3O4/c1-4-27-16-11-12-18(28-5-2)17(13-16)22-21(25)20-19(26-3)14-24(23-20)15-9-7-6-8-10-15/h6-14H,4-5H2,1-3H3,(H,22,25). The van der Waals surface area contributed by atoms with E-state index in [0.29, 0.717) is 36.1 Å². The van der Waals surface area contributed by atoms with Crippen LogP contribution < -0.4 is 19.5 Å². The highest BCUT2D eigenvalue weighted by Crippen LogP contribution is 2.30. The molecule has 0 spiro atoms. The number of carbonyl (C=O) groups excluding carboxylic acids is 1. The van der Waals surface area contributed by atoms with Crippen LogP contribution in [0.2, 0.25) is 0 Å². The summed E-state index contributed by atoms with van der Waals surface area (Å²) < 4.78 is 18.1. The molecule has 7 heteroatoms. The van der Waals surface area contributed by atoms with Crippen molar-refractivity contribution in [1.29, 1.82) is 0 Å². The Morgan fingerprint density at radius 2 is 1.79 bits per heavy atom. The number of ether oxygens (including phenoxy) is 3. The van der Waals surface area contributed by atoms with Crippen molar-refractivity contribution in [3.8, 4) is 22.9 Å². The first kappa shape index (κ1) is 19.3. The summed E-state index contributed by atoms with van der Waals surface area (Å²) in [5.74, 6) is 1.17. The van der Waals surface area contributed by atoms with Crippen LogP contribution in [0.25, 0.3) is 5.69 Å². The number of carbonyl (C=O) groups is 1. The quantitative estimate of drug-likeness (QED) is 0.640. The molecule has 0 bridgehead atoms. The normalized spacial score (nSPS) is 10.4. The minimum absolute atomic E-state index is 0.176. The van der Waals surface area contributed by atoms with Gasteiger partial charge in [-0.3, -0.25) is 4.79 Å². The van der Waals surface area contributed by atoms with E-state index in [1.54, 1.807) is 29.1 Å². The predicted octanol–water partition coefficient (Wildman–Crippen LogP) is 3.93. The first-order chi connectivity index (χ1) is 13.7. The third-order valence-electron chi connectivity index (χ3n) is 3.95. The van der Waals surface area contributed by atoms with Crippen LogP contribution in [0.4, 0.5) is 5.69 Å². The van der Waals surface area contributed by atoms with Crippen LogP contribution >= 0.6 is 0 Å². The minimum Gasteiger partial charge on any atom is -0.494 e. The lowest BCUT2D eigenvalue weighted by molar-refractivity contribution is 0.101. The number of para-hydroxylation sites is 1. The summed E-state index contributed by atoms with van der Waals surface area (Å²) in [5.41, 5.74) is 1.51. The molecule has 1 heterocycles. The summed E-state index contributed by atoms with van der Waals surface area (Å²) in [4.78, 5) is 12.9. The van der Waals surface area contributed by atoms with E-state index in [2.05, 4.69) is 10.4 Å². The van der Waals surface area contributed by atoms with Crippen molar-refractivity contribution in [2.75, 3.05) is 25.6 Å². The summed E-state index contributed by atoms with van der Waals surface area (Å²) in [6.07, 6.45) is 1.67. The molecule has 0 unspecified atom stereocenters. The van der Waals surface area contributed by atoms with E-state index in [1.165, 1.54) is 7.11 Å². The molecule has 3 rings (SSSR count). The molecule has 0 radical (unpaired) electrons. The van der Waals surface area contributed by atoms with Crippen LogP contribution in [0.1, 0.15) is 24.3 Å². The van der Waals surface area contributed by atoms with Gasteiger partial charge < -0.3 is 19.5 Å². The largest absolute Gasteiger partial charge is 0.494 e. The molecule has 0 saturated heterocycles. The summed E-state index contributed by atoms with van der Waals surface area (Å²) in [6, 6.07) is 14.8. The first-order valence-corrected chi connectivity index (χ1v) is 9.06. The first-order valence-electron chi connectivity index (χ1n) is 9.06. The summed E-state index contributed by atoms with van der Waals surface area (Å²) >= 11 is 0. The lowest BCUT2D eigenvalue weighted by atomic mass is 10.2. The molecule has 0 aliphatic carbocycles. The van der Waals surface area contributed by atoms with Gasteiger partial charge >= 0.3 is 0 Å². The van der Waals surface area contributed by atoms with E-state index in [1.807, 2.05) is 44.2 Å². The third-order valence-corrected chi connectivity index (χ3v) is 3.95. The van der Waals surface area contributed by atoms with Crippen LogP contribution in [0.3, 0.4) is 0 Å². The molecule has 3 aromatic rings. The van der Waals surface area contributed by atoms with Gasteiger partial charge in [-0.15, -0.1) is 0 Å². The Labute approximate surface area is 163 Å². The maximum absolute atomic E-state index is 12.9. The molecule has 0 aliphatic rings. The maximum Gasteiger partial charge on any atom is 0.280 e. The van der Waals surface area contributed by atoms with Crippen LogP contribution in [-0.4, -0.2) is 36.0 Å². The maximum atomic E-state index is 12.9. The molecular formula is C21H23N3O4. The van der Waals surface area contributed by atoms with E-state index < -0.39 is 5.91 Å². The van der Waals surface area contributed by atoms with Gasteiger partial charge in [0.15, 0.2) is 11.4 Å². The van der Waals surface area contributed by atoms with Gasteiger partial charge in [0.05, 0.1) is 37.9 Å². The Bertz CT molecular complexity index is 938. The Morgan fingerprint density at radius 3 is 2.46 bits per heavy atom. The topological polar surface area (TPSA) is 74.6 Å². The number of benzene rings is 2. The fourth-order valence-corrected chi connectivity index (χ4v) is 2.70. The van der Waals surface area contributed by atoms with E-state index in [0.717, 1.165) is 5.69 Å². The molecule has 1 aromatic heterocycles. The van der Waals surface area contributed by atoms with Gasteiger partial charge in [-0.05, 0) is 38.1 Å². The van der Waals surface area contributed by atoms with Gasteiger partial charge in [0.1, 0.15) is 11.5 Å². The van der Waals surface area contributed by atoms with Crippen molar-refractivity contribution >= 4 is 11.6 Å². The van der Waals surface area contributed by atoms with Crippen LogP contribution in [-0.2, 0) is 0 Å². The third kappa shape index (κ3) is 4.25. The van der Waals surface area contributed by atoms with Crippen molar-refractivity contribution in [3.05, 3.63) is 60.4 Å². The van der Waals surface area contributed by atoms with Crippen molar-refractivity contribution in [3.63, 3.8) is 0 Å². The number of aromatic nitrogens is 2. The molecule has 0 atom stereocenters. The van der Waals surface area contributed by atoms with Gasteiger partial charge in [0, 0.05) is 6.07 Å². The molecule has 0 saturated carbocycles. The number of hydrogen-bond acceptors (Lipinski definition) is 5. The van der Waals surface area contributed by atoms with Gasteiger partial charge in [0.25, 0.3) is 5.91 Å². The highest BCUT2D eigenvalue weighted by atomic mass is 16.5. The number of rotatable bonds is 8. The van der Waals surface area contributed by atoms with Crippen molar-refractivity contribution in [2.24, 2.45) is 0 Å². The number of hydrogen-bond donors (Lipinski definition) is 1. The van der Waals surface area contributed by atoms with Crippen molar-refractivity contribution < 1.29 is 19.0 Å². The molecule has 1 N–H and O–H groups in total. The van der Waals surface area contributed by atoms with Crippen LogP contribution in [0.5, 0.6) is 17.2 Å². The smallest absolute Gasteiger partial charge is 0.280 e. The SMILES string of the molecule is CCOc1ccc(OCC)c(NC(=O)c2nn(-c3ccccc3)cc2OC)c1. The zero-order valence-corrected chi connectivity index (χ0v) is 16.1. The van der Waals surface area contributed by atoms with Gasteiger partial charge in [-0.2, -0.15) is 5.10 Å². The molecule has 7 nitrogen and oxygen atoms in total. The van der Waals surface area contributed by atoms with Crippen LogP contribution in [0.15, 0.2) is 54.7 Å². The average molecular weight is 381 g/mol. The zero-order chi connectivity index (χ0) is 19.9. The number of amides is 1. The molecule has 28 heavy (non-hydrogen) atoms. The minimum atomic E-state index is -0.402. The fourth-order valence-electron chi connectivity index (χ4n) is 2.70. The number of anilines is 1. The zero-order valence-electron chi connectivity index (χ0n) is 16.1. The van der Waals surface area contributed by atoms with E-state index >= 15 is 0 Å². The molecule has 1 amide bonds. The molecule has 2 aromatic carbocycles. The van der Waals surface area contributed by atoms with E-state index in [4.69, 9.17) is 14.2 Å². The monoisotopic (exact) mass is 381 g/mol. The van der Waals surface area contributed by atoms with Crippen LogP contribution in [0, 0.1) is 0 Å². The highest BCUT2D eigenvalue weighted by Gasteiger charge is 2.20. The lowest BCUT2D eigenvalue weighted by Gasteiger charge is -2.13. The Kier molecular flexibility index (Phi) is 6.16. The van der Waals surface area contributed by atoms with Crippen molar-refractivity contribution in [2.45, 2.75) is 13.8 Å². The Morgan fingerprint density at radius 1 is 1.04 bits per heavy atom.